The van der Waals surface area contributed by atoms with Gasteiger partial charge in [-0.1, -0.05) is 23.7 Å². The number of aryl methyl sites for hydroxylation is 1. The van der Waals surface area contributed by atoms with E-state index in [1.807, 2.05) is 23.1 Å². The van der Waals surface area contributed by atoms with Crippen molar-refractivity contribution < 1.29 is 4.79 Å². The first kappa shape index (κ1) is 21.8. The molecule has 31 heavy (non-hydrogen) atoms. The van der Waals surface area contributed by atoms with Crippen molar-refractivity contribution >= 4 is 23.2 Å². The quantitative estimate of drug-likeness (QED) is 0.710. The number of carbonyl (C=O) groups excluding carboxylic acids is 1. The summed E-state index contributed by atoms with van der Waals surface area (Å²) in [5.74, 6) is 0.236. The van der Waals surface area contributed by atoms with Gasteiger partial charge in [0.1, 0.15) is 0 Å². The van der Waals surface area contributed by atoms with Gasteiger partial charge in [0.2, 0.25) is 5.91 Å². The van der Waals surface area contributed by atoms with Crippen LogP contribution in [0.15, 0.2) is 41.3 Å². The highest BCUT2D eigenvalue weighted by molar-refractivity contribution is 6.30. The average molecular weight is 444 g/mol. The van der Waals surface area contributed by atoms with E-state index in [0.717, 1.165) is 56.2 Å². The highest BCUT2D eigenvalue weighted by atomic mass is 35.5. The van der Waals surface area contributed by atoms with Gasteiger partial charge in [-0.25, -0.2) is 4.68 Å². The Morgan fingerprint density at radius 3 is 2.68 bits per heavy atom. The van der Waals surface area contributed by atoms with E-state index in [4.69, 9.17) is 11.6 Å². The summed E-state index contributed by atoms with van der Waals surface area (Å²) in [6.07, 6.45) is 4.49. The Hall–Kier alpha value is -2.38. The highest BCUT2D eigenvalue weighted by Crippen LogP contribution is 2.26. The molecule has 1 atom stereocenters. The number of nitrogens with zero attached hydrogens (tertiary/aromatic N) is 5. The number of benzene rings is 1. The van der Waals surface area contributed by atoms with Crippen LogP contribution < -0.4 is 10.5 Å². The van der Waals surface area contributed by atoms with Gasteiger partial charge < -0.3 is 9.80 Å². The maximum atomic E-state index is 13.1. The molecule has 166 valence electrons. The van der Waals surface area contributed by atoms with Crippen LogP contribution in [0.1, 0.15) is 24.8 Å². The SMILES string of the molecule is CN(Cc1cccc(Cl)c1)C1CCN(C(=O)C2CCN(c3cnn(C)c(=O)c3)C2)CC1. The van der Waals surface area contributed by atoms with Crippen LogP contribution in [-0.4, -0.2) is 64.8 Å². The van der Waals surface area contributed by atoms with E-state index in [1.165, 1.54) is 10.2 Å². The van der Waals surface area contributed by atoms with E-state index in [0.29, 0.717) is 12.6 Å². The Labute approximate surface area is 188 Å². The Morgan fingerprint density at radius 1 is 1.19 bits per heavy atom. The third-order valence-electron chi connectivity index (χ3n) is 6.58. The molecular formula is C23H30ClN5O2. The molecule has 2 aliphatic heterocycles. The fourth-order valence-corrected chi connectivity index (χ4v) is 4.88. The van der Waals surface area contributed by atoms with E-state index in [9.17, 15) is 9.59 Å². The summed E-state index contributed by atoms with van der Waals surface area (Å²) in [6.45, 7) is 3.90. The van der Waals surface area contributed by atoms with Crippen LogP contribution in [-0.2, 0) is 18.4 Å². The lowest BCUT2D eigenvalue weighted by Gasteiger charge is -2.37. The fraction of sp³-hybridized carbons (Fsp3) is 0.522. The van der Waals surface area contributed by atoms with Gasteiger partial charge in [0.15, 0.2) is 0 Å². The molecule has 2 aliphatic rings. The summed E-state index contributed by atoms with van der Waals surface area (Å²) < 4.78 is 1.32. The number of likely N-dealkylation sites (tertiary alicyclic amines) is 1. The van der Waals surface area contributed by atoms with Crippen molar-refractivity contribution in [3.8, 4) is 0 Å². The molecule has 0 radical (unpaired) electrons. The van der Waals surface area contributed by atoms with Gasteiger partial charge >= 0.3 is 0 Å². The van der Waals surface area contributed by atoms with Crippen LogP contribution in [0.2, 0.25) is 5.02 Å². The number of hydrogen-bond donors (Lipinski definition) is 0. The lowest BCUT2D eigenvalue weighted by molar-refractivity contribution is -0.136. The summed E-state index contributed by atoms with van der Waals surface area (Å²) in [7, 11) is 3.79. The van der Waals surface area contributed by atoms with E-state index in [2.05, 4.69) is 28.0 Å². The number of halogens is 1. The molecule has 0 saturated carbocycles. The standard InChI is InChI=1S/C23H30ClN5O2/c1-26(15-17-4-3-5-19(24)12-17)20-7-10-28(11-8-20)23(31)18-6-9-29(16-18)21-13-22(30)27(2)25-14-21/h3-5,12-14,18,20H,6-11,15-16H2,1-2H3. The number of carbonyl (C=O) groups is 1. The summed E-state index contributed by atoms with van der Waals surface area (Å²) in [6, 6.07) is 10.1. The number of hydrogen-bond acceptors (Lipinski definition) is 5. The predicted octanol–water partition coefficient (Wildman–Crippen LogP) is 2.38. The summed E-state index contributed by atoms with van der Waals surface area (Å²) in [4.78, 5) is 31.5. The van der Waals surface area contributed by atoms with Crippen molar-refractivity contribution in [2.75, 3.05) is 38.1 Å². The topological polar surface area (TPSA) is 61.7 Å². The molecule has 4 rings (SSSR count). The zero-order valence-corrected chi connectivity index (χ0v) is 19.0. The van der Waals surface area contributed by atoms with E-state index >= 15 is 0 Å². The molecule has 0 N–H and O–H groups in total. The molecule has 1 unspecified atom stereocenters. The van der Waals surface area contributed by atoms with Gasteiger partial charge in [0, 0.05) is 56.9 Å². The van der Waals surface area contributed by atoms with Gasteiger partial charge in [-0.15, -0.1) is 0 Å². The lowest BCUT2D eigenvalue weighted by Crippen LogP contribution is -2.47. The van der Waals surface area contributed by atoms with Crippen LogP contribution in [0, 0.1) is 5.92 Å². The second-order valence-electron chi connectivity index (χ2n) is 8.71. The molecule has 0 spiro atoms. The lowest BCUT2D eigenvalue weighted by atomic mass is 10.00. The van der Waals surface area contributed by atoms with Gasteiger partial charge in [-0.05, 0) is 44.0 Å². The van der Waals surface area contributed by atoms with Crippen LogP contribution in [0.5, 0.6) is 0 Å². The van der Waals surface area contributed by atoms with Crippen molar-refractivity contribution in [2.24, 2.45) is 13.0 Å². The van der Waals surface area contributed by atoms with Gasteiger partial charge in [0.25, 0.3) is 5.56 Å². The zero-order valence-electron chi connectivity index (χ0n) is 18.2. The number of anilines is 1. The normalized spacial score (nSPS) is 19.9. The van der Waals surface area contributed by atoms with Gasteiger partial charge in [-0.2, -0.15) is 5.10 Å². The van der Waals surface area contributed by atoms with Crippen LogP contribution in [0.4, 0.5) is 5.69 Å². The van der Waals surface area contributed by atoms with E-state index in [1.54, 1.807) is 19.3 Å². The van der Waals surface area contributed by atoms with Gasteiger partial charge in [-0.3, -0.25) is 14.5 Å². The minimum atomic E-state index is -0.128. The van der Waals surface area contributed by atoms with Crippen LogP contribution >= 0.6 is 11.6 Å². The van der Waals surface area contributed by atoms with E-state index < -0.39 is 0 Å². The second kappa shape index (κ2) is 9.40. The first-order valence-electron chi connectivity index (χ1n) is 10.9. The molecule has 7 nitrogen and oxygen atoms in total. The maximum absolute atomic E-state index is 13.1. The summed E-state index contributed by atoms with van der Waals surface area (Å²) >= 11 is 6.11. The zero-order chi connectivity index (χ0) is 22.0. The predicted molar refractivity (Wildman–Crippen MR) is 122 cm³/mol. The molecule has 1 aromatic carbocycles. The summed E-state index contributed by atoms with van der Waals surface area (Å²) in [5.41, 5.74) is 1.89. The summed E-state index contributed by atoms with van der Waals surface area (Å²) in [5, 5.41) is 4.86. The van der Waals surface area contributed by atoms with Crippen LogP contribution in [0.25, 0.3) is 0 Å². The van der Waals surface area contributed by atoms with Crippen molar-refractivity contribution in [1.82, 2.24) is 19.6 Å². The Morgan fingerprint density at radius 2 is 1.97 bits per heavy atom. The maximum Gasteiger partial charge on any atom is 0.268 e. The van der Waals surface area contributed by atoms with E-state index in [-0.39, 0.29) is 17.4 Å². The molecule has 1 aromatic heterocycles. The number of amides is 1. The third kappa shape index (κ3) is 5.10. The monoisotopic (exact) mass is 443 g/mol. The fourth-order valence-electron chi connectivity index (χ4n) is 4.67. The second-order valence-corrected chi connectivity index (χ2v) is 9.15. The Kier molecular flexibility index (Phi) is 6.62. The number of piperidine rings is 1. The molecule has 0 aliphatic carbocycles. The van der Waals surface area contributed by atoms with Crippen molar-refractivity contribution in [2.45, 2.75) is 31.8 Å². The molecule has 3 heterocycles. The highest BCUT2D eigenvalue weighted by Gasteiger charge is 2.34. The smallest absolute Gasteiger partial charge is 0.268 e. The molecule has 2 saturated heterocycles. The molecule has 2 aromatic rings. The first-order chi connectivity index (χ1) is 14.9. The van der Waals surface area contributed by atoms with Crippen molar-refractivity contribution in [1.29, 1.82) is 0 Å². The number of aromatic nitrogens is 2. The minimum Gasteiger partial charge on any atom is -0.369 e. The van der Waals surface area contributed by atoms with Crippen LogP contribution in [0.3, 0.4) is 0 Å². The average Bonchev–Trinajstić information content (AvgIpc) is 3.25. The minimum absolute atomic E-state index is 0.00945. The molecule has 8 heteroatoms. The molecular weight excluding hydrogens is 414 g/mol. The molecule has 0 bridgehead atoms. The molecule has 2 fully saturated rings. The van der Waals surface area contributed by atoms with Crippen molar-refractivity contribution in [3.05, 3.63) is 57.5 Å². The molecule has 1 amide bonds. The first-order valence-corrected chi connectivity index (χ1v) is 11.3. The largest absolute Gasteiger partial charge is 0.369 e. The Bertz CT molecular complexity index is 986. The van der Waals surface area contributed by atoms with Crippen molar-refractivity contribution in [3.63, 3.8) is 0 Å². The van der Waals surface area contributed by atoms with Gasteiger partial charge in [0.05, 0.1) is 17.8 Å². The Balaban J connectivity index is 1.28. The number of rotatable bonds is 5. The third-order valence-corrected chi connectivity index (χ3v) is 6.81.